The molecule has 0 aliphatic heterocycles. The van der Waals surface area contributed by atoms with Gasteiger partial charge < -0.3 is 14.9 Å². The number of oxime groups is 1. The monoisotopic (exact) mass is 259 g/mol. The van der Waals surface area contributed by atoms with E-state index in [0.29, 0.717) is 17.1 Å². The van der Waals surface area contributed by atoms with Crippen LogP contribution in [0.1, 0.15) is 28.7 Å². The van der Waals surface area contributed by atoms with Gasteiger partial charge >= 0.3 is 0 Å². The molecular formula is C13H13N3O3. The predicted molar refractivity (Wildman–Crippen MR) is 69.6 cm³/mol. The summed E-state index contributed by atoms with van der Waals surface area (Å²) in [6.45, 7) is 3.36. The molecule has 0 saturated heterocycles. The van der Waals surface area contributed by atoms with E-state index in [2.05, 4.69) is 15.5 Å². The minimum Gasteiger partial charge on any atom is -0.438 e. The molecule has 0 aliphatic rings. The van der Waals surface area contributed by atoms with Crippen molar-refractivity contribution in [3.63, 3.8) is 0 Å². The van der Waals surface area contributed by atoms with Crippen LogP contribution in [0.2, 0.25) is 0 Å². The minimum absolute atomic E-state index is 0.179. The molecule has 0 bridgehead atoms. The Morgan fingerprint density at radius 1 is 1.47 bits per heavy atom. The van der Waals surface area contributed by atoms with E-state index in [0.717, 1.165) is 5.56 Å². The molecular weight excluding hydrogens is 246 g/mol. The van der Waals surface area contributed by atoms with Gasteiger partial charge in [-0.25, -0.2) is 4.98 Å². The number of anilines is 1. The van der Waals surface area contributed by atoms with E-state index < -0.39 is 0 Å². The molecule has 2 aromatic rings. The van der Waals surface area contributed by atoms with E-state index in [1.807, 2.05) is 0 Å². The second-order valence-corrected chi connectivity index (χ2v) is 3.99. The van der Waals surface area contributed by atoms with Crippen molar-refractivity contribution < 1.29 is 14.4 Å². The maximum atomic E-state index is 11.9. The summed E-state index contributed by atoms with van der Waals surface area (Å²) in [5, 5.41) is 14.5. The molecule has 0 saturated carbocycles. The maximum Gasteiger partial charge on any atom is 0.293 e. The number of rotatable bonds is 3. The molecule has 98 valence electrons. The highest BCUT2D eigenvalue weighted by atomic mass is 16.4. The summed E-state index contributed by atoms with van der Waals surface area (Å²) in [6, 6.07) is 6.98. The van der Waals surface area contributed by atoms with Crippen molar-refractivity contribution in [3.05, 3.63) is 47.7 Å². The molecule has 19 heavy (non-hydrogen) atoms. The quantitative estimate of drug-likeness (QED) is 0.503. The van der Waals surface area contributed by atoms with Crippen molar-refractivity contribution in [2.24, 2.45) is 5.16 Å². The number of hydrogen-bond donors (Lipinski definition) is 2. The van der Waals surface area contributed by atoms with Crippen LogP contribution in [0.5, 0.6) is 0 Å². The van der Waals surface area contributed by atoms with Crippen LogP contribution in [0.3, 0.4) is 0 Å². The molecule has 6 nitrogen and oxygen atoms in total. The molecule has 0 spiro atoms. The highest BCUT2D eigenvalue weighted by Crippen LogP contribution is 2.14. The van der Waals surface area contributed by atoms with Gasteiger partial charge in [-0.05, 0) is 26.0 Å². The molecule has 0 aliphatic carbocycles. The fraction of sp³-hybridized carbons (Fsp3) is 0.154. The average molecular weight is 259 g/mol. The molecule has 1 aromatic carbocycles. The third kappa shape index (κ3) is 2.79. The first-order chi connectivity index (χ1) is 9.11. The Balaban J connectivity index is 2.20. The van der Waals surface area contributed by atoms with Gasteiger partial charge in [-0.1, -0.05) is 17.3 Å². The first kappa shape index (κ1) is 12.8. The Kier molecular flexibility index (Phi) is 3.61. The number of benzene rings is 1. The summed E-state index contributed by atoms with van der Waals surface area (Å²) >= 11 is 0. The summed E-state index contributed by atoms with van der Waals surface area (Å²) < 4.78 is 5.01. The number of oxazole rings is 1. The molecule has 1 amide bonds. The lowest BCUT2D eigenvalue weighted by Crippen LogP contribution is -2.12. The number of aryl methyl sites for hydroxylation is 1. The molecule has 0 fully saturated rings. The van der Waals surface area contributed by atoms with Gasteiger partial charge in [0.25, 0.3) is 5.91 Å². The third-order valence-corrected chi connectivity index (χ3v) is 2.64. The van der Waals surface area contributed by atoms with Crippen molar-refractivity contribution in [2.75, 3.05) is 5.32 Å². The highest BCUT2D eigenvalue weighted by Gasteiger charge is 2.14. The number of amides is 1. The van der Waals surface area contributed by atoms with Crippen LogP contribution in [0.15, 0.2) is 40.2 Å². The molecule has 1 aromatic heterocycles. The zero-order chi connectivity index (χ0) is 13.8. The number of aromatic nitrogens is 1. The van der Waals surface area contributed by atoms with Crippen LogP contribution in [-0.2, 0) is 0 Å². The number of nitrogens with zero attached hydrogens (tertiary/aromatic N) is 2. The van der Waals surface area contributed by atoms with Gasteiger partial charge in [0.05, 0.1) is 11.4 Å². The Labute approximate surface area is 109 Å². The standard InChI is InChI=1S/C13H13N3O3/c1-8(16-18)10-4-3-5-11(6-10)15-13(17)12-9(2)14-7-19-12/h3-7,18H,1-2H3,(H,15,17)/b16-8-. The molecule has 2 rings (SSSR count). The minimum atomic E-state index is -0.370. The van der Waals surface area contributed by atoms with E-state index in [-0.39, 0.29) is 11.7 Å². The summed E-state index contributed by atoms with van der Waals surface area (Å²) in [7, 11) is 0. The lowest BCUT2D eigenvalue weighted by Gasteiger charge is -2.05. The highest BCUT2D eigenvalue weighted by molar-refractivity contribution is 6.04. The van der Waals surface area contributed by atoms with Crippen LogP contribution in [0.25, 0.3) is 0 Å². The Morgan fingerprint density at radius 3 is 2.89 bits per heavy atom. The second-order valence-electron chi connectivity index (χ2n) is 3.99. The van der Waals surface area contributed by atoms with Gasteiger partial charge in [-0.15, -0.1) is 0 Å². The second kappa shape index (κ2) is 5.34. The summed E-state index contributed by atoms with van der Waals surface area (Å²) in [5.74, 6) is -0.191. The zero-order valence-electron chi connectivity index (χ0n) is 10.5. The Bertz CT molecular complexity index is 632. The van der Waals surface area contributed by atoms with Gasteiger partial charge in [0, 0.05) is 11.3 Å². The molecule has 2 N–H and O–H groups in total. The lowest BCUT2D eigenvalue weighted by molar-refractivity contribution is 0.0996. The Hall–Kier alpha value is -2.63. The van der Waals surface area contributed by atoms with Crippen molar-refractivity contribution in [2.45, 2.75) is 13.8 Å². The maximum absolute atomic E-state index is 11.9. The number of nitrogens with one attached hydrogen (secondary N) is 1. The van der Waals surface area contributed by atoms with Crippen LogP contribution < -0.4 is 5.32 Å². The molecule has 1 heterocycles. The van der Waals surface area contributed by atoms with Crippen molar-refractivity contribution in [1.29, 1.82) is 0 Å². The van der Waals surface area contributed by atoms with Crippen molar-refractivity contribution in [1.82, 2.24) is 4.98 Å². The summed E-state index contributed by atoms with van der Waals surface area (Å²) in [5.41, 5.74) is 2.30. The van der Waals surface area contributed by atoms with Crippen molar-refractivity contribution in [3.8, 4) is 0 Å². The Morgan fingerprint density at radius 2 is 2.26 bits per heavy atom. The summed E-state index contributed by atoms with van der Waals surface area (Å²) in [4.78, 5) is 15.8. The van der Waals surface area contributed by atoms with Crippen LogP contribution >= 0.6 is 0 Å². The van der Waals surface area contributed by atoms with E-state index in [1.165, 1.54) is 6.39 Å². The summed E-state index contributed by atoms with van der Waals surface area (Å²) in [6.07, 6.45) is 1.23. The van der Waals surface area contributed by atoms with Crippen LogP contribution in [0.4, 0.5) is 5.69 Å². The van der Waals surface area contributed by atoms with Gasteiger partial charge in [0.1, 0.15) is 0 Å². The molecule has 0 atom stereocenters. The number of carbonyl (C=O) groups excluding carboxylic acids is 1. The van der Waals surface area contributed by atoms with Crippen LogP contribution in [-0.4, -0.2) is 21.8 Å². The third-order valence-electron chi connectivity index (χ3n) is 2.64. The topological polar surface area (TPSA) is 87.7 Å². The van der Waals surface area contributed by atoms with Gasteiger partial charge in [-0.3, -0.25) is 4.79 Å². The van der Waals surface area contributed by atoms with E-state index in [9.17, 15) is 4.79 Å². The van der Waals surface area contributed by atoms with Gasteiger partial charge in [-0.2, -0.15) is 0 Å². The average Bonchev–Trinajstić information content (AvgIpc) is 2.84. The SMILES string of the molecule is C/C(=N/O)c1cccc(NC(=O)c2ocnc2C)c1. The first-order valence-electron chi connectivity index (χ1n) is 5.62. The van der Waals surface area contributed by atoms with E-state index in [1.54, 1.807) is 38.1 Å². The number of hydrogen-bond acceptors (Lipinski definition) is 5. The first-order valence-corrected chi connectivity index (χ1v) is 5.62. The smallest absolute Gasteiger partial charge is 0.293 e. The van der Waals surface area contributed by atoms with Gasteiger partial charge in [0.2, 0.25) is 5.76 Å². The van der Waals surface area contributed by atoms with Crippen LogP contribution in [0, 0.1) is 6.92 Å². The van der Waals surface area contributed by atoms with E-state index in [4.69, 9.17) is 9.62 Å². The largest absolute Gasteiger partial charge is 0.438 e. The fourth-order valence-electron chi connectivity index (χ4n) is 1.59. The fourth-order valence-corrected chi connectivity index (χ4v) is 1.59. The number of carbonyl (C=O) groups is 1. The zero-order valence-corrected chi connectivity index (χ0v) is 10.5. The lowest BCUT2D eigenvalue weighted by atomic mass is 10.1. The predicted octanol–water partition coefficient (Wildman–Crippen LogP) is 2.43. The van der Waals surface area contributed by atoms with Crippen molar-refractivity contribution >= 4 is 17.3 Å². The van der Waals surface area contributed by atoms with E-state index >= 15 is 0 Å². The normalized spacial score (nSPS) is 11.4. The molecule has 0 unspecified atom stereocenters. The molecule has 0 radical (unpaired) electrons. The molecule has 6 heteroatoms. The van der Waals surface area contributed by atoms with Gasteiger partial charge in [0.15, 0.2) is 6.39 Å².